The summed E-state index contributed by atoms with van der Waals surface area (Å²) in [5, 5.41) is 0. The maximum Gasteiger partial charge on any atom is 0.0579 e. The van der Waals surface area contributed by atoms with Crippen molar-refractivity contribution in [3.63, 3.8) is 0 Å². The van der Waals surface area contributed by atoms with Gasteiger partial charge in [0, 0.05) is 0 Å². The van der Waals surface area contributed by atoms with Crippen LogP contribution in [0.5, 0.6) is 0 Å². The Morgan fingerprint density at radius 3 is 0.875 bits per heavy atom. The Morgan fingerprint density at radius 2 is 0.875 bits per heavy atom. The van der Waals surface area contributed by atoms with Gasteiger partial charge in [-0.2, -0.15) is 0 Å². The molecule has 0 saturated carbocycles. The van der Waals surface area contributed by atoms with Crippen LogP contribution in [-0.4, -0.2) is 24.3 Å². The Morgan fingerprint density at radius 1 is 0.875 bits per heavy atom. The van der Waals surface area contributed by atoms with Crippen LogP contribution in [-0.2, 0) is 0 Å². The second-order valence-electron chi connectivity index (χ2n) is 0.583. The van der Waals surface area contributed by atoms with E-state index in [0.717, 1.165) is 0 Å². The average molecular weight is 275 g/mol. The number of halogens is 6. The van der Waals surface area contributed by atoms with Crippen LogP contribution in [0, 0.1) is 0 Å². The van der Waals surface area contributed by atoms with E-state index in [-0.39, 0.29) is 0 Å². The van der Waals surface area contributed by atoms with Gasteiger partial charge < -0.3 is 0 Å². The first-order valence-electron chi connectivity index (χ1n) is 0.941. The monoisotopic (exact) mass is 277 g/mol. The maximum atomic E-state index is 9.90. The van der Waals surface area contributed by atoms with Crippen molar-refractivity contribution in [1.82, 2.24) is 0 Å². The molecule has 0 fully saturated rings. The summed E-state index contributed by atoms with van der Waals surface area (Å²) >= 11 is -5.48. The van der Waals surface area contributed by atoms with Crippen molar-refractivity contribution in [2.45, 2.75) is 0 Å². The fraction of sp³-hybridized carbons (Fsp3) is 0. The first-order chi connectivity index (χ1) is 3.24. The molecule has 0 aromatic carbocycles. The van der Waals surface area contributed by atoms with Crippen molar-refractivity contribution < 1.29 is 19.1 Å². The Labute approximate surface area is 51.1 Å². The van der Waals surface area contributed by atoms with Crippen LogP contribution in [0.25, 0.3) is 0 Å². The smallest absolute Gasteiger partial charge is 0.0579 e. The zero-order chi connectivity index (χ0) is 7.45. The van der Waals surface area contributed by atoms with E-state index in [1.807, 2.05) is 0 Å². The summed E-state index contributed by atoms with van der Waals surface area (Å²) in [7, 11) is 0. The van der Waals surface area contributed by atoms with Gasteiger partial charge in [-0.3, -0.25) is 4.66 Å². The Hall–Kier alpha value is 0.690. The zero-order valence-electron chi connectivity index (χ0n) is 3.12. The third-order valence-corrected chi connectivity index (χ3v) is 0. The summed E-state index contributed by atoms with van der Waals surface area (Å²) in [6.07, 6.45) is 0. The molecule has 0 aliphatic carbocycles. The molecule has 0 saturated heterocycles. The fourth-order valence-electron chi connectivity index (χ4n) is 0. The topological polar surface area (TPSA) is 20.2 Å². The van der Waals surface area contributed by atoms with E-state index >= 15 is 0 Å². The van der Waals surface area contributed by atoms with Crippen LogP contribution in [0.2, 0.25) is 0 Å². The predicted octanol–water partition coefficient (Wildman–Crippen LogP) is 1.85. The largest absolute Gasteiger partial charge is 0.295 e. The van der Waals surface area contributed by atoms with Crippen LogP contribution in [0.1, 0.15) is 0 Å². The zero-order valence-corrected chi connectivity index (χ0v) is 6.21. The van der Waals surface area contributed by atoms with Gasteiger partial charge in [-0.25, -0.2) is 0 Å². The average Bonchev–Trinajstić information content (AvgIpc) is 1.33. The molecule has 55 valence electrons. The van der Waals surface area contributed by atoms with E-state index < -0.39 is 19.6 Å². The van der Waals surface area contributed by atoms with Crippen LogP contribution < -0.4 is 0 Å². The molecule has 8 heteroatoms. The summed E-state index contributed by atoms with van der Waals surface area (Å²) in [5.74, 6) is 0. The fourth-order valence-corrected chi connectivity index (χ4v) is 0. The summed E-state index contributed by atoms with van der Waals surface area (Å²) in [5.41, 5.74) is 0. The molecule has 0 amide bonds. The van der Waals surface area contributed by atoms with Crippen molar-refractivity contribution in [2.24, 2.45) is 0 Å². The van der Waals surface area contributed by atoms with Crippen molar-refractivity contribution >= 4 is 31.5 Å². The molecule has 0 spiro atoms. The number of rotatable bonds is 0. The molecule has 0 aromatic heterocycles. The van der Waals surface area contributed by atoms with Crippen LogP contribution in [0.15, 0.2) is 0 Å². The third-order valence-electron chi connectivity index (χ3n) is 0. The molecule has 1 radical (unpaired) electrons. The van der Waals surface area contributed by atoms with Gasteiger partial charge in [0.05, 0.1) is 11.9 Å². The predicted molar refractivity (Wildman–Crippen MR) is 19.4 cm³/mol. The molecular weight excluding hydrogens is 274 g/mol. The molecule has 1 N–H and O–H groups in total. The van der Waals surface area contributed by atoms with E-state index in [1.165, 1.54) is 0 Å². The van der Waals surface area contributed by atoms with E-state index in [9.17, 15) is 14.5 Å². The van der Waals surface area contributed by atoms with Crippen molar-refractivity contribution in [3.05, 3.63) is 0 Å². The molecule has 1 nitrogen and oxygen atoms in total. The van der Waals surface area contributed by atoms with Gasteiger partial charge in [-0.1, -0.05) is 0 Å². The molecule has 0 unspecified atom stereocenters. The quantitative estimate of drug-likeness (QED) is 0.528. The van der Waals surface area contributed by atoms with Gasteiger partial charge in [0.15, 0.2) is 0 Å². The molecule has 0 bridgehead atoms. The summed E-state index contributed by atoms with van der Waals surface area (Å²) in [6.45, 7) is 0. The third kappa shape index (κ3) is 455. The molecule has 0 aliphatic rings. The second-order valence-corrected chi connectivity index (χ2v) is 3.91. The van der Waals surface area contributed by atoms with Gasteiger partial charge in [0.25, 0.3) is 0 Å². The van der Waals surface area contributed by atoms with Crippen molar-refractivity contribution in [3.8, 4) is 0 Å². The molecule has 0 heterocycles. The molecule has 0 aliphatic heterocycles. The van der Waals surface area contributed by atoms with Gasteiger partial charge in [-0.15, -0.1) is 0 Å². The molecular formula is HClF5OTe. The Kier molecular flexibility index (Phi) is 4.32. The van der Waals surface area contributed by atoms with E-state index in [4.69, 9.17) is 4.66 Å². The van der Waals surface area contributed by atoms with Crippen LogP contribution >= 0.6 is 11.9 Å². The molecule has 0 atom stereocenters. The van der Waals surface area contributed by atoms with Gasteiger partial charge in [0.1, 0.15) is 0 Å². The minimum Gasteiger partial charge on any atom is -0.295 e. The van der Waals surface area contributed by atoms with E-state index in [0.29, 0.717) is 0 Å². The van der Waals surface area contributed by atoms with Crippen molar-refractivity contribution in [2.75, 3.05) is 0 Å². The minimum atomic E-state index is -9.12. The van der Waals surface area contributed by atoms with E-state index in [1.54, 1.807) is 0 Å². The van der Waals surface area contributed by atoms with Crippen molar-refractivity contribution in [1.29, 1.82) is 0 Å². The van der Waals surface area contributed by atoms with Crippen LogP contribution in [0.4, 0.5) is 14.5 Å². The molecule has 0 rings (SSSR count). The normalized spacial score (nSPS) is 15.1. The SMILES string of the molecule is F[Te](F)(F)(F)F.OCl. The van der Waals surface area contributed by atoms with Crippen LogP contribution in [0.3, 0.4) is 0 Å². The summed E-state index contributed by atoms with van der Waals surface area (Å²) in [4.78, 5) is 0. The van der Waals surface area contributed by atoms with E-state index in [2.05, 4.69) is 11.9 Å². The van der Waals surface area contributed by atoms with Gasteiger partial charge in [-0.05, 0) is 0 Å². The first-order valence-corrected chi connectivity index (χ1v) is 5.68. The standard InChI is InChI=1S/ClHO.F5Te/c1-2;1-6(2,3,4)5/h2H;. The number of hydrogen-bond donors (Lipinski definition) is 1. The second kappa shape index (κ2) is 3.01. The molecule has 8 heavy (non-hydrogen) atoms. The minimum absolute atomic E-state index is 3.64. The van der Waals surface area contributed by atoms with Gasteiger partial charge >= 0.3 is 34.1 Å². The summed E-state index contributed by atoms with van der Waals surface area (Å²) in [6, 6.07) is 0. The summed E-state index contributed by atoms with van der Waals surface area (Å²) < 4.78 is 56.0. The molecule has 0 aromatic rings. The first kappa shape index (κ1) is 11.5. The maximum absolute atomic E-state index is 9.90. The number of hydrogen-bond acceptors (Lipinski definition) is 1. The Balaban J connectivity index is 0. The Bertz CT molecular complexity index is 45.6. The van der Waals surface area contributed by atoms with Gasteiger partial charge in [0.2, 0.25) is 0 Å².